The van der Waals surface area contributed by atoms with Crippen molar-refractivity contribution in [1.82, 2.24) is 15.0 Å². The maximum atomic E-state index is 10.9. The average molecular weight is 498 g/mol. The quantitative estimate of drug-likeness (QED) is 0.301. The summed E-state index contributed by atoms with van der Waals surface area (Å²) in [5, 5.41) is 9.47. The minimum Gasteiger partial charge on any atom is -0.481 e. The number of rotatable bonds is 9. The maximum absolute atomic E-state index is 10.9. The van der Waals surface area contributed by atoms with Crippen molar-refractivity contribution < 1.29 is 28.5 Å². The molecule has 0 saturated carbocycles. The molecule has 2 aromatic heterocycles. The molecule has 0 aliphatic heterocycles. The molecule has 0 aliphatic carbocycles. The van der Waals surface area contributed by atoms with Crippen molar-refractivity contribution in [2.75, 3.05) is 13.2 Å². The minimum absolute atomic E-state index is 0.0430. The number of aliphatic carboxylic acids is 1. The molecular formula is C25H24ClN3O6. The van der Waals surface area contributed by atoms with Crippen molar-refractivity contribution in [3.63, 3.8) is 0 Å². The van der Waals surface area contributed by atoms with Gasteiger partial charge in [-0.1, -0.05) is 24.6 Å². The number of carboxylic acid groups (broad SMARTS) is 1. The summed E-state index contributed by atoms with van der Waals surface area (Å²) in [6.45, 7) is 7.48. The van der Waals surface area contributed by atoms with E-state index in [1.165, 1.54) is 0 Å². The smallest absolute Gasteiger partial charge is 0.341 e. The number of carbonyl (C=O) groups is 1. The Morgan fingerprint density at radius 1 is 1.09 bits per heavy atom. The molecule has 182 valence electrons. The number of hydrogen-bond donors (Lipinski definition) is 1. The van der Waals surface area contributed by atoms with Crippen LogP contribution in [0.1, 0.15) is 30.0 Å². The molecular weight excluding hydrogens is 474 g/mol. The van der Waals surface area contributed by atoms with Crippen LogP contribution in [0.2, 0.25) is 5.02 Å². The van der Waals surface area contributed by atoms with Crippen molar-refractivity contribution >= 4 is 28.8 Å². The third kappa shape index (κ3) is 5.30. The van der Waals surface area contributed by atoms with Crippen LogP contribution in [0.25, 0.3) is 22.7 Å². The summed E-state index contributed by atoms with van der Waals surface area (Å²) in [5.41, 5.74) is 3.50. The van der Waals surface area contributed by atoms with Gasteiger partial charge in [-0.25, -0.2) is 9.78 Å². The van der Waals surface area contributed by atoms with Gasteiger partial charge in [-0.2, -0.15) is 9.97 Å². The van der Waals surface area contributed by atoms with E-state index in [1.807, 2.05) is 39.8 Å². The molecule has 0 atom stereocenters. The lowest BCUT2D eigenvalue weighted by Crippen LogP contribution is -2.10. The van der Waals surface area contributed by atoms with E-state index in [-0.39, 0.29) is 17.6 Å². The van der Waals surface area contributed by atoms with Gasteiger partial charge in [-0.05, 0) is 62.6 Å². The number of hydrogen-bond acceptors (Lipinski definition) is 8. The number of fused-ring (bicyclic) bond motifs is 1. The summed E-state index contributed by atoms with van der Waals surface area (Å²) >= 11 is 6.21. The van der Waals surface area contributed by atoms with Crippen LogP contribution in [0.3, 0.4) is 0 Å². The highest BCUT2D eigenvalue weighted by atomic mass is 35.5. The van der Waals surface area contributed by atoms with Crippen LogP contribution in [0.5, 0.6) is 23.4 Å². The summed E-state index contributed by atoms with van der Waals surface area (Å²) in [4.78, 5) is 24.2. The Bertz CT molecular complexity index is 1380. The van der Waals surface area contributed by atoms with Gasteiger partial charge in [0.15, 0.2) is 12.1 Å². The summed E-state index contributed by atoms with van der Waals surface area (Å²) in [5.74, 6) is 0.530. The van der Waals surface area contributed by atoms with Crippen LogP contribution in [-0.2, 0) is 4.79 Å². The standard InChI is InChI=1S/C25H24ClN3O6/c1-5-9-32-23-20-24(29-25(28-23)34-18-8-6-7-17(26)15(18)4)35-22(27-20)16-10-13(2)21(14(3)11-16)33-12-19(30)31/h6-8,10-11H,5,9,12H2,1-4H3,(H,30,31). The molecule has 0 fully saturated rings. The first-order valence-electron chi connectivity index (χ1n) is 11.0. The van der Waals surface area contributed by atoms with Gasteiger partial charge in [0, 0.05) is 16.1 Å². The summed E-state index contributed by atoms with van der Waals surface area (Å²) in [7, 11) is 0. The van der Waals surface area contributed by atoms with Crippen molar-refractivity contribution in [3.05, 3.63) is 52.0 Å². The molecule has 2 heterocycles. The van der Waals surface area contributed by atoms with Gasteiger partial charge >= 0.3 is 12.0 Å². The first kappa shape index (κ1) is 24.3. The van der Waals surface area contributed by atoms with Crippen molar-refractivity contribution in [2.45, 2.75) is 34.1 Å². The van der Waals surface area contributed by atoms with Crippen LogP contribution in [-0.4, -0.2) is 39.2 Å². The molecule has 0 aliphatic rings. The summed E-state index contributed by atoms with van der Waals surface area (Å²) in [6.07, 6.45) is 0.774. The van der Waals surface area contributed by atoms with E-state index in [9.17, 15) is 4.79 Å². The van der Waals surface area contributed by atoms with Crippen molar-refractivity contribution in [1.29, 1.82) is 0 Å². The number of halogens is 1. The molecule has 0 unspecified atom stereocenters. The number of ether oxygens (including phenoxy) is 3. The fourth-order valence-corrected chi connectivity index (χ4v) is 3.65. The van der Waals surface area contributed by atoms with E-state index < -0.39 is 12.6 Å². The summed E-state index contributed by atoms with van der Waals surface area (Å²) < 4.78 is 23.1. The highest BCUT2D eigenvalue weighted by Gasteiger charge is 2.20. The Morgan fingerprint density at radius 2 is 1.83 bits per heavy atom. The number of aryl methyl sites for hydroxylation is 2. The van der Waals surface area contributed by atoms with E-state index in [1.54, 1.807) is 18.2 Å². The molecule has 2 aromatic carbocycles. The Balaban J connectivity index is 1.74. The second kappa shape index (κ2) is 10.2. The molecule has 0 saturated heterocycles. The molecule has 0 radical (unpaired) electrons. The Kier molecular flexibility index (Phi) is 7.07. The van der Waals surface area contributed by atoms with Crippen LogP contribution in [0.15, 0.2) is 34.7 Å². The lowest BCUT2D eigenvalue weighted by atomic mass is 10.1. The molecule has 0 bridgehead atoms. The van der Waals surface area contributed by atoms with Crippen LogP contribution < -0.4 is 14.2 Å². The number of carboxylic acids is 1. The van der Waals surface area contributed by atoms with E-state index in [0.29, 0.717) is 40.1 Å². The molecule has 4 aromatic rings. The monoisotopic (exact) mass is 497 g/mol. The lowest BCUT2D eigenvalue weighted by Gasteiger charge is -2.11. The van der Waals surface area contributed by atoms with E-state index >= 15 is 0 Å². The van der Waals surface area contributed by atoms with Gasteiger partial charge in [-0.15, -0.1) is 0 Å². The highest BCUT2D eigenvalue weighted by Crippen LogP contribution is 2.35. The van der Waals surface area contributed by atoms with E-state index in [0.717, 1.165) is 23.1 Å². The molecule has 0 spiro atoms. The topological polar surface area (TPSA) is 117 Å². The van der Waals surface area contributed by atoms with Crippen LogP contribution in [0, 0.1) is 20.8 Å². The Labute approximate surface area is 206 Å². The van der Waals surface area contributed by atoms with Gasteiger partial charge in [0.05, 0.1) is 6.61 Å². The van der Waals surface area contributed by atoms with Gasteiger partial charge in [0.2, 0.25) is 5.89 Å². The maximum Gasteiger partial charge on any atom is 0.341 e. The van der Waals surface area contributed by atoms with Gasteiger partial charge in [-0.3, -0.25) is 0 Å². The molecule has 35 heavy (non-hydrogen) atoms. The zero-order chi connectivity index (χ0) is 25.1. The van der Waals surface area contributed by atoms with Crippen LogP contribution in [0.4, 0.5) is 0 Å². The largest absolute Gasteiger partial charge is 0.481 e. The zero-order valence-electron chi connectivity index (χ0n) is 19.7. The first-order valence-corrected chi connectivity index (χ1v) is 11.3. The molecule has 0 amide bonds. The minimum atomic E-state index is -1.05. The number of aromatic nitrogens is 3. The van der Waals surface area contributed by atoms with Crippen molar-refractivity contribution in [3.8, 4) is 34.8 Å². The predicted molar refractivity (Wildman–Crippen MR) is 130 cm³/mol. The van der Waals surface area contributed by atoms with E-state index in [2.05, 4.69) is 15.0 Å². The average Bonchev–Trinajstić information content (AvgIpc) is 3.24. The molecule has 4 rings (SSSR count). The van der Waals surface area contributed by atoms with Gasteiger partial charge < -0.3 is 23.7 Å². The third-order valence-electron chi connectivity index (χ3n) is 5.12. The number of oxazole rings is 1. The normalized spacial score (nSPS) is 11.0. The fraction of sp³-hybridized carbons (Fsp3) is 0.280. The highest BCUT2D eigenvalue weighted by molar-refractivity contribution is 6.31. The lowest BCUT2D eigenvalue weighted by molar-refractivity contribution is -0.139. The van der Waals surface area contributed by atoms with Gasteiger partial charge in [0.25, 0.3) is 11.6 Å². The predicted octanol–water partition coefficient (Wildman–Crippen LogP) is 5.91. The second-order valence-corrected chi connectivity index (χ2v) is 8.33. The van der Waals surface area contributed by atoms with Crippen molar-refractivity contribution in [2.24, 2.45) is 0 Å². The molecule has 9 nitrogen and oxygen atoms in total. The van der Waals surface area contributed by atoms with Crippen LogP contribution >= 0.6 is 11.6 Å². The SMILES string of the molecule is CCCOc1nc(Oc2cccc(Cl)c2C)nc2oc(-c3cc(C)c(OCC(=O)O)c(C)c3)nc12. The fourth-order valence-electron chi connectivity index (χ4n) is 3.48. The number of benzene rings is 2. The first-order chi connectivity index (χ1) is 16.8. The summed E-state index contributed by atoms with van der Waals surface area (Å²) in [6, 6.07) is 8.98. The zero-order valence-corrected chi connectivity index (χ0v) is 20.5. The van der Waals surface area contributed by atoms with E-state index in [4.69, 9.17) is 35.3 Å². The third-order valence-corrected chi connectivity index (χ3v) is 5.53. The van der Waals surface area contributed by atoms with Gasteiger partial charge in [0.1, 0.15) is 11.5 Å². The Morgan fingerprint density at radius 3 is 2.51 bits per heavy atom. The molecule has 10 heteroatoms. The Hall–Kier alpha value is -3.85. The molecule has 1 N–H and O–H groups in total. The number of nitrogens with zero attached hydrogens (tertiary/aromatic N) is 3. The second-order valence-electron chi connectivity index (χ2n) is 7.92.